The molecule has 1 unspecified atom stereocenters. The summed E-state index contributed by atoms with van der Waals surface area (Å²) in [7, 11) is 0. The first-order chi connectivity index (χ1) is 8.70. The fourth-order valence-corrected chi connectivity index (χ4v) is 2.06. The summed E-state index contributed by atoms with van der Waals surface area (Å²) in [6.07, 6.45) is 3.17. The lowest BCUT2D eigenvalue weighted by molar-refractivity contribution is 0.456. The summed E-state index contributed by atoms with van der Waals surface area (Å²) >= 11 is 0. The second kappa shape index (κ2) is 5.80. The van der Waals surface area contributed by atoms with E-state index in [1.807, 2.05) is 19.1 Å². The van der Waals surface area contributed by atoms with Gasteiger partial charge in [-0.1, -0.05) is 6.07 Å². The van der Waals surface area contributed by atoms with E-state index < -0.39 is 0 Å². The highest BCUT2D eigenvalue weighted by molar-refractivity contribution is 5.29. The number of rotatable bonds is 5. The average Bonchev–Trinajstić information content (AvgIpc) is 2.87. The van der Waals surface area contributed by atoms with Crippen LogP contribution in [0.15, 0.2) is 41.0 Å². The Morgan fingerprint density at radius 3 is 2.89 bits per heavy atom. The third-order valence-corrected chi connectivity index (χ3v) is 3.08. The Morgan fingerprint density at radius 2 is 2.22 bits per heavy atom. The molecule has 4 heteroatoms. The van der Waals surface area contributed by atoms with E-state index in [-0.39, 0.29) is 11.9 Å². The van der Waals surface area contributed by atoms with Gasteiger partial charge in [-0.2, -0.15) is 0 Å². The van der Waals surface area contributed by atoms with Gasteiger partial charge in [0.15, 0.2) is 0 Å². The van der Waals surface area contributed by atoms with Crippen molar-refractivity contribution in [3.05, 3.63) is 59.3 Å². The zero-order chi connectivity index (χ0) is 13.0. The molecule has 1 atom stereocenters. The van der Waals surface area contributed by atoms with Gasteiger partial charge in [0.05, 0.1) is 6.26 Å². The molecule has 0 aliphatic rings. The van der Waals surface area contributed by atoms with Crippen LogP contribution in [0.1, 0.15) is 29.3 Å². The van der Waals surface area contributed by atoms with Crippen molar-refractivity contribution in [3.8, 4) is 0 Å². The monoisotopic (exact) mass is 248 g/mol. The molecule has 1 heterocycles. The molecule has 0 amide bonds. The molecular weight excluding hydrogens is 231 g/mol. The lowest BCUT2D eigenvalue weighted by Crippen LogP contribution is -2.29. The van der Waals surface area contributed by atoms with E-state index in [2.05, 4.69) is 5.43 Å². The van der Waals surface area contributed by atoms with Gasteiger partial charge in [-0.15, -0.1) is 0 Å². The number of nitrogens with two attached hydrogens (primary N) is 1. The molecule has 0 fully saturated rings. The molecule has 0 aliphatic heterocycles. The molecule has 1 aromatic carbocycles. The lowest BCUT2D eigenvalue weighted by atomic mass is 9.97. The van der Waals surface area contributed by atoms with E-state index in [0.717, 1.165) is 29.7 Å². The minimum atomic E-state index is -0.242. The summed E-state index contributed by atoms with van der Waals surface area (Å²) in [5, 5.41) is 0. The normalized spacial score (nSPS) is 12.6. The van der Waals surface area contributed by atoms with Crippen LogP contribution in [-0.4, -0.2) is 0 Å². The summed E-state index contributed by atoms with van der Waals surface area (Å²) in [5.74, 6) is 6.23. The zero-order valence-electron chi connectivity index (χ0n) is 10.3. The van der Waals surface area contributed by atoms with E-state index in [9.17, 15) is 4.39 Å². The molecule has 96 valence electrons. The maximum Gasteiger partial charge on any atom is 0.123 e. The molecule has 3 N–H and O–H groups in total. The van der Waals surface area contributed by atoms with E-state index in [4.69, 9.17) is 10.3 Å². The van der Waals surface area contributed by atoms with Gasteiger partial charge >= 0.3 is 0 Å². The van der Waals surface area contributed by atoms with E-state index >= 15 is 0 Å². The minimum Gasteiger partial charge on any atom is -0.469 e. The summed E-state index contributed by atoms with van der Waals surface area (Å²) in [5.41, 5.74) is 4.66. The number of hydrogen-bond acceptors (Lipinski definition) is 3. The van der Waals surface area contributed by atoms with Crippen LogP contribution in [-0.2, 0) is 6.42 Å². The summed E-state index contributed by atoms with van der Waals surface area (Å²) in [6.45, 7) is 1.95. The van der Waals surface area contributed by atoms with Crippen LogP contribution in [0, 0.1) is 12.7 Å². The first-order valence-electron chi connectivity index (χ1n) is 5.95. The van der Waals surface area contributed by atoms with E-state index in [1.54, 1.807) is 12.3 Å². The van der Waals surface area contributed by atoms with Crippen molar-refractivity contribution in [1.82, 2.24) is 5.43 Å². The maximum atomic E-state index is 13.3. The van der Waals surface area contributed by atoms with Gasteiger partial charge in [-0.05, 0) is 48.7 Å². The van der Waals surface area contributed by atoms with Crippen LogP contribution >= 0.6 is 0 Å². The van der Waals surface area contributed by atoms with Gasteiger partial charge in [0, 0.05) is 12.5 Å². The van der Waals surface area contributed by atoms with Crippen molar-refractivity contribution in [3.63, 3.8) is 0 Å². The molecule has 0 saturated heterocycles. The first-order valence-corrected chi connectivity index (χ1v) is 5.95. The van der Waals surface area contributed by atoms with Crippen molar-refractivity contribution < 1.29 is 8.81 Å². The lowest BCUT2D eigenvalue weighted by Gasteiger charge is -2.18. The standard InChI is InChI=1S/C14H17FN2O/c1-10-4-5-11(15)9-13(10)14(17-16)7-6-12-3-2-8-18-12/h2-5,8-9,14,17H,6-7,16H2,1H3. The summed E-state index contributed by atoms with van der Waals surface area (Å²) in [6, 6.07) is 8.45. The SMILES string of the molecule is Cc1ccc(F)cc1C(CCc1ccco1)NN. The number of aryl methyl sites for hydroxylation is 2. The average molecular weight is 248 g/mol. The van der Waals surface area contributed by atoms with Crippen molar-refractivity contribution in [1.29, 1.82) is 0 Å². The number of halogens is 1. The van der Waals surface area contributed by atoms with Crippen LogP contribution in [0.4, 0.5) is 4.39 Å². The van der Waals surface area contributed by atoms with Gasteiger partial charge in [-0.3, -0.25) is 11.3 Å². The smallest absolute Gasteiger partial charge is 0.123 e. The molecule has 2 aromatic rings. The second-order valence-electron chi connectivity index (χ2n) is 4.34. The van der Waals surface area contributed by atoms with Gasteiger partial charge in [0.2, 0.25) is 0 Å². The number of nitrogens with one attached hydrogen (secondary N) is 1. The predicted octanol–water partition coefficient (Wildman–Crippen LogP) is 2.86. The van der Waals surface area contributed by atoms with Crippen molar-refractivity contribution >= 4 is 0 Å². The molecule has 0 bridgehead atoms. The van der Waals surface area contributed by atoms with Crippen LogP contribution < -0.4 is 11.3 Å². The number of benzene rings is 1. The summed E-state index contributed by atoms with van der Waals surface area (Å²) < 4.78 is 18.5. The third-order valence-electron chi connectivity index (χ3n) is 3.08. The highest BCUT2D eigenvalue weighted by Crippen LogP contribution is 2.23. The fraction of sp³-hybridized carbons (Fsp3) is 0.286. The van der Waals surface area contributed by atoms with E-state index in [1.165, 1.54) is 12.1 Å². The Balaban J connectivity index is 2.10. The second-order valence-corrected chi connectivity index (χ2v) is 4.34. The molecule has 18 heavy (non-hydrogen) atoms. The van der Waals surface area contributed by atoms with Crippen LogP contribution in [0.2, 0.25) is 0 Å². The van der Waals surface area contributed by atoms with Crippen molar-refractivity contribution in [2.75, 3.05) is 0 Å². The van der Waals surface area contributed by atoms with Crippen LogP contribution in [0.5, 0.6) is 0 Å². The molecule has 0 spiro atoms. The van der Waals surface area contributed by atoms with Crippen molar-refractivity contribution in [2.24, 2.45) is 5.84 Å². The Kier molecular flexibility index (Phi) is 4.12. The predicted molar refractivity (Wildman–Crippen MR) is 68.2 cm³/mol. The highest BCUT2D eigenvalue weighted by Gasteiger charge is 2.13. The Labute approximate surface area is 106 Å². The topological polar surface area (TPSA) is 51.2 Å². The Hall–Kier alpha value is -1.65. The third kappa shape index (κ3) is 2.97. The number of hydrazine groups is 1. The molecule has 0 aliphatic carbocycles. The van der Waals surface area contributed by atoms with Gasteiger partial charge in [-0.25, -0.2) is 4.39 Å². The molecule has 3 nitrogen and oxygen atoms in total. The van der Waals surface area contributed by atoms with Gasteiger partial charge in [0.25, 0.3) is 0 Å². The minimum absolute atomic E-state index is 0.0780. The zero-order valence-corrected chi connectivity index (χ0v) is 10.3. The van der Waals surface area contributed by atoms with E-state index in [0.29, 0.717) is 0 Å². The van der Waals surface area contributed by atoms with Gasteiger partial charge in [0.1, 0.15) is 11.6 Å². The van der Waals surface area contributed by atoms with Gasteiger partial charge < -0.3 is 4.42 Å². The molecule has 0 radical (unpaired) electrons. The van der Waals surface area contributed by atoms with Crippen LogP contribution in [0.3, 0.4) is 0 Å². The number of furan rings is 1. The van der Waals surface area contributed by atoms with Crippen LogP contribution in [0.25, 0.3) is 0 Å². The number of hydrogen-bond donors (Lipinski definition) is 2. The Morgan fingerprint density at radius 1 is 1.39 bits per heavy atom. The molecule has 2 rings (SSSR count). The quantitative estimate of drug-likeness (QED) is 0.632. The largest absolute Gasteiger partial charge is 0.469 e. The highest BCUT2D eigenvalue weighted by atomic mass is 19.1. The molecule has 0 saturated carbocycles. The van der Waals surface area contributed by atoms with Crippen molar-refractivity contribution in [2.45, 2.75) is 25.8 Å². The fourth-order valence-electron chi connectivity index (χ4n) is 2.06. The summed E-state index contributed by atoms with van der Waals surface area (Å²) in [4.78, 5) is 0. The molecule has 1 aromatic heterocycles. The first kappa shape index (κ1) is 12.8. The Bertz CT molecular complexity index is 497. The molecular formula is C14H17FN2O. The maximum absolute atomic E-state index is 13.3.